The minimum Gasteiger partial charge on any atom is -0.496 e. The lowest BCUT2D eigenvalue weighted by Crippen LogP contribution is -2.28. The molecule has 5 heteroatoms. The van der Waals surface area contributed by atoms with Crippen molar-refractivity contribution in [3.8, 4) is 5.75 Å². The number of benzene rings is 1. The normalized spacial score (nSPS) is 11.3. The molecular formula is C14H17F2NO2. The first-order valence-corrected chi connectivity index (χ1v) is 5.88. The molecule has 104 valence electrons. The minimum atomic E-state index is -2.62. The van der Waals surface area contributed by atoms with E-state index in [1.165, 1.54) is 31.4 Å². The van der Waals surface area contributed by atoms with Gasteiger partial charge in [-0.3, -0.25) is 4.79 Å². The molecule has 0 spiro atoms. The van der Waals surface area contributed by atoms with Gasteiger partial charge >= 0.3 is 0 Å². The van der Waals surface area contributed by atoms with Crippen molar-refractivity contribution < 1.29 is 18.3 Å². The maximum absolute atomic E-state index is 12.8. The summed E-state index contributed by atoms with van der Waals surface area (Å²) in [6, 6.07) is 4.42. The Kier molecular flexibility index (Phi) is 5.48. The number of carbonyl (C=O) groups is 1. The Labute approximate surface area is 111 Å². The fraction of sp³-hybridized carbons (Fsp3) is 0.357. The van der Waals surface area contributed by atoms with Crippen molar-refractivity contribution in [2.24, 2.45) is 0 Å². The smallest absolute Gasteiger partial charge is 0.267 e. The molecule has 19 heavy (non-hydrogen) atoms. The van der Waals surface area contributed by atoms with E-state index in [4.69, 9.17) is 4.74 Å². The number of amides is 1. The lowest BCUT2D eigenvalue weighted by atomic mass is 10.1. The van der Waals surface area contributed by atoms with Crippen molar-refractivity contribution in [3.05, 3.63) is 35.4 Å². The zero-order valence-corrected chi connectivity index (χ0v) is 11.1. The van der Waals surface area contributed by atoms with Crippen molar-refractivity contribution in [2.75, 3.05) is 7.11 Å². The second-order valence-corrected chi connectivity index (χ2v) is 4.30. The second kappa shape index (κ2) is 6.87. The molecule has 0 aliphatic carbocycles. The molecule has 1 N–H and O–H groups in total. The van der Waals surface area contributed by atoms with Gasteiger partial charge in [0.05, 0.1) is 12.7 Å². The first-order chi connectivity index (χ1) is 8.93. The van der Waals surface area contributed by atoms with Crippen LogP contribution in [0.15, 0.2) is 24.3 Å². The van der Waals surface area contributed by atoms with E-state index in [2.05, 4.69) is 5.32 Å². The Morgan fingerprint density at radius 3 is 2.58 bits per heavy atom. The van der Waals surface area contributed by atoms with Crippen LogP contribution < -0.4 is 10.1 Å². The standard InChI is InChI=1S/C14H17F2NO2/c1-9(2)17-13(18)7-5-10-4-6-12(19-3)11(8-10)14(15)16/h4-9,14H,1-3H3,(H,17,18). The van der Waals surface area contributed by atoms with E-state index in [-0.39, 0.29) is 23.3 Å². The average Bonchev–Trinajstić information content (AvgIpc) is 2.35. The molecule has 0 saturated carbocycles. The lowest BCUT2D eigenvalue weighted by molar-refractivity contribution is -0.116. The fourth-order valence-corrected chi connectivity index (χ4v) is 1.53. The Balaban J connectivity index is 2.88. The summed E-state index contributed by atoms with van der Waals surface area (Å²) in [4.78, 5) is 11.4. The molecule has 1 amide bonds. The van der Waals surface area contributed by atoms with Gasteiger partial charge in [0, 0.05) is 12.1 Å². The molecule has 1 aromatic carbocycles. The number of hydrogen-bond donors (Lipinski definition) is 1. The number of rotatable bonds is 5. The monoisotopic (exact) mass is 269 g/mol. The Morgan fingerprint density at radius 2 is 2.05 bits per heavy atom. The van der Waals surface area contributed by atoms with Crippen LogP contribution in [0.25, 0.3) is 6.08 Å². The van der Waals surface area contributed by atoms with Crippen LogP contribution in [-0.2, 0) is 4.79 Å². The van der Waals surface area contributed by atoms with E-state index in [1.807, 2.05) is 13.8 Å². The second-order valence-electron chi connectivity index (χ2n) is 4.30. The first kappa shape index (κ1) is 15.1. The Morgan fingerprint density at radius 1 is 1.37 bits per heavy atom. The third-order valence-corrected chi connectivity index (χ3v) is 2.35. The quantitative estimate of drug-likeness (QED) is 0.834. The topological polar surface area (TPSA) is 38.3 Å². The highest BCUT2D eigenvalue weighted by Crippen LogP contribution is 2.29. The predicted molar refractivity (Wildman–Crippen MR) is 70.3 cm³/mol. The molecule has 0 heterocycles. The van der Waals surface area contributed by atoms with Crippen molar-refractivity contribution in [1.29, 1.82) is 0 Å². The number of carbonyl (C=O) groups excluding carboxylic acids is 1. The predicted octanol–water partition coefficient (Wildman–Crippen LogP) is 3.17. The van der Waals surface area contributed by atoms with Gasteiger partial charge in [-0.15, -0.1) is 0 Å². The summed E-state index contributed by atoms with van der Waals surface area (Å²) >= 11 is 0. The van der Waals surface area contributed by atoms with Crippen LogP contribution in [0.2, 0.25) is 0 Å². The third kappa shape index (κ3) is 4.69. The highest BCUT2D eigenvalue weighted by atomic mass is 19.3. The molecule has 0 radical (unpaired) electrons. The van der Waals surface area contributed by atoms with Gasteiger partial charge in [-0.1, -0.05) is 6.07 Å². The summed E-state index contributed by atoms with van der Waals surface area (Å²) in [7, 11) is 1.34. The molecular weight excluding hydrogens is 252 g/mol. The summed E-state index contributed by atoms with van der Waals surface area (Å²) in [5.74, 6) is -0.122. The molecule has 0 aliphatic heterocycles. The van der Waals surface area contributed by atoms with Crippen LogP contribution in [0.3, 0.4) is 0 Å². The van der Waals surface area contributed by atoms with Gasteiger partial charge in [-0.05, 0) is 37.6 Å². The fourth-order valence-electron chi connectivity index (χ4n) is 1.53. The van der Waals surface area contributed by atoms with Crippen LogP contribution in [0.5, 0.6) is 5.75 Å². The van der Waals surface area contributed by atoms with Crippen LogP contribution in [0.4, 0.5) is 8.78 Å². The number of nitrogens with one attached hydrogen (secondary N) is 1. The van der Waals surface area contributed by atoms with Crippen LogP contribution in [0.1, 0.15) is 31.4 Å². The van der Waals surface area contributed by atoms with Crippen molar-refractivity contribution in [2.45, 2.75) is 26.3 Å². The Bertz CT molecular complexity index is 471. The number of methoxy groups -OCH3 is 1. The zero-order chi connectivity index (χ0) is 14.4. The van der Waals surface area contributed by atoms with E-state index in [1.54, 1.807) is 6.07 Å². The molecule has 0 fully saturated rings. The van der Waals surface area contributed by atoms with Gasteiger partial charge in [0.1, 0.15) is 5.75 Å². The van der Waals surface area contributed by atoms with Gasteiger partial charge in [0.2, 0.25) is 5.91 Å². The molecule has 0 atom stereocenters. The maximum atomic E-state index is 12.8. The van der Waals surface area contributed by atoms with Gasteiger partial charge in [0.15, 0.2) is 0 Å². The molecule has 3 nitrogen and oxygen atoms in total. The van der Waals surface area contributed by atoms with E-state index < -0.39 is 6.43 Å². The van der Waals surface area contributed by atoms with Crippen molar-refractivity contribution >= 4 is 12.0 Å². The van der Waals surface area contributed by atoms with Gasteiger partial charge < -0.3 is 10.1 Å². The van der Waals surface area contributed by atoms with Crippen LogP contribution >= 0.6 is 0 Å². The minimum absolute atomic E-state index is 0.0321. The highest BCUT2D eigenvalue weighted by molar-refractivity contribution is 5.91. The summed E-state index contributed by atoms with van der Waals surface area (Å²) < 4.78 is 30.4. The van der Waals surface area contributed by atoms with Gasteiger partial charge in [-0.25, -0.2) is 8.78 Å². The van der Waals surface area contributed by atoms with Crippen LogP contribution in [0, 0.1) is 0 Å². The van der Waals surface area contributed by atoms with E-state index in [0.29, 0.717) is 5.56 Å². The average molecular weight is 269 g/mol. The maximum Gasteiger partial charge on any atom is 0.267 e. The summed E-state index contributed by atoms with van der Waals surface area (Å²) in [5.41, 5.74) is 0.337. The lowest BCUT2D eigenvalue weighted by Gasteiger charge is -2.08. The molecule has 1 rings (SSSR count). The number of alkyl halides is 2. The zero-order valence-electron chi connectivity index (χ0n) is 11.1. The molecule has 0 aromatic heterocycles. The first-order valence-electron chi connectivity index (χ1n) is 5.88. The van der Waals surface area contributed by atoms with E-state index in [9.17, 15) is 13.6 Å². The SMILES string of the molecule is COc1ccc(C=CC(=O)NC(C)C)cc1C(F)F. The summed E-state index contributed by atoms with van der Waals surface area (Å²) in [5, 5.41) is 2.67. The molecule has 1 aromatic rings. The Hall–Kier alpha value is -1.91. The van der Waals surface area contributed by atoms with Crippen molar-refractivity contribution in [1.82, 2.24) is 5.32 Å². The summed E-state index contributed by atoms with van der Waals surface area (Å²) in [6.45, 7) is 3.68. The molecule has 0 bridgehead atoms. The van der Waals surface area contributed by atoms with Gasteiger partial charge in [-0.2, -0.15) is 0 Å². The number of hydrogen-bond acceptors (Lipinski definition) is 2. The molecule has 0 saturated heterocycles. The molecule has 0 unspecified atom stereocenters. The molecule has 0 aliphatic rings. The van der Waals surface area contributed by atoms with Crippen molar-refractivity contribution in [3.63, 3.8) is 0 Å². The highest BCUT2D eigenvalue weighted by Gasteiger charge is 2.13. The number of ether oxygens (including phenoxy) is 1. The van der Waals surface area contributed by atoms with E-state index in [0.717, 1.165) is 0 Å². The van der Waals surface area contributed by atoms with Gasteiger partial charge in [0.25, 0.3) is 6.43 Å². The third-order valence-electron chi connectivity index (χ3n) is 2.35. The summed E-state index contributed by atoms with van der Waals surface area (Å²) in [6.07, 6.45) is 0.188. The van der Waals surface area contributed by atoms with E-state index >= 15 is 0 Å². The largest absolute Gasteiger partial charge is 0.496 e. The van der Waals surface area contributed by atoms with Crippen LogP contribution in [-0.4, -0.2) is 19.1 Å². The number of halogens is 2.